The van der Waals surface area contributed by atoms with E-state index in [9.17, 15) is 13.6 Å². The normalized spacial score (nSPS) is 10.7. The number of nitrogens with zero attached hydrogens (tertiary/aromatic N) is 5. The first kappa shape index (κ1) is 24.5. The van der Waals surface area contributed by atoms with Crippen LogP contribution in [0.1, 0.15) is 22.6 Å². The molecule has 0 atom stereocenters. The molecule has 0 amide bonds. The number of para-hydroxylation sites is 1. The molecule has 0 unspecified atom stereocenters. The van der Waals surface area contributed by atoms with E-state index in [1.54, 1.807) is 37.3 Å². The fraction of sp³-hybridized carbons (Fsp3) is 0.107. The van der Waals surface area contributed by atoms with Crippen LogP contribution in [0.3, 0.4) is 0 Å². The lowest BCUT2D eigenvalue weighted by Gasteiger charge is -2.15. The highest BCUT2D eigenvalue weighted by Gasteiger charge is 2.17. The smallest absolute Gasteiger partial charge is 0.268 e. The van der Waals surface area contributed by atoms with Crippen LogP contribution in [-0.4, -0.2) is 31.0 Å². The van der Waals surface area contributed by atoms with Gasteiger partial charge in [-0.1, -0.05) is 30.2 Å². The minimum atomic E-state index is -0.618. The maximum atomic E-state index is 14.7. The Morgan fingerprint density at radius 3 is 2.58 bits per heavy atom. The Morgan fingerprint density at radius 2 is 1.82 bits per heavy atom. The fourth-order valence-corrected chi connectivity index (χ4v) is 3.96. The van der Waals surface area contributed by atoms with E-state index in [1.807, 2.05) is 6.07 Å². The largest absolute Gasteiger partial charge is 0.382 e. The third-order valence-corrected chi connectivity index (χ3v) is 5.82. The molecule has 0 radical (unpaired) electrons. The molecule has 5 aromatic rings. The summed E-state index contributed by atoms with van der Waals surface area (Å²) in [4.78, 5) is 30.3. The van der Waals surface area contributed by atoms with Gasteiger partial charge < -0.3 is 11.1 Å². The second kappa shape index (κ2) is 10.4. The van der Waals surface area contributed by atoms with Crippen LogP contribution in [0.5, 0.6) is 0 Å². The van der Waals surface area contributed by atoms with Crippen molar-refractivity contribution in [3.63, 3.8) is 0 Å². The molecule has 0 saturated carbocycles. The van der Waals surface area contributed by atoms with Crippen molar-refractivity contribution in [2.45, 2.75) is 13.3 Å². The number of pyridine rings is 1. The average molecular weight is 510 g/mol. The van der Waals surface area contributed by atoms with Crippen LogP contribution in [0.2, 0.25) is 0 Å². The first-order valence-corrected chi connectivity index (χ1v) is 11.7. The van der Waals surface area contributed by atoms with Gasteiger partial charge in [0.1, 0.15) is 52.1 Å². The van der Waals surface area contributed by atoms with E-state index in [4.69, 9.17) is 5.73 Å². The summed E-state index contributed by atoms with van der Waals surface area (Å²) in [6, 6.07) is 14.6. The van der Waals surface area contributed by atoms with Gasteiger partial charge in [-0.25, -0.2) is 28.7 Å². The minimum absolute atomic E-state index is 0.0545. The fourth-order valence-electron chi connectivity index (χ4n) is 3.96. The molecule has 0 aliphatic carbocycles. The third kappa shape index (κ3) is 4.90. The number of benzene rings is 2. The SMILES string of the molecule is Cc1ccc(F)c2c(=O)n(-c3ccccc3)c(CCNc3ncnc(N)c3C#Cc3ccc(F)cn3)nc12. The molecular weight excluding hydrogens is 488 g/mol. The lowest BCUT2D eigenvalue weighted by atomic mass is 10.1. The van der Waals surface area contributed by atoms with Crippen molar-refractivity contribution in [3.8, 4) is 17.5 Å². The number of anilines is 2. The van der Waals surface area contributed by atoms with E-state index in [0.29, 0.717) is 52.6 Å². The summed E-state index contributed by atoms with van der Waals surface area (Å²) in [7, 11) is 0. The van der Waals surface area contributed by atoms with E-state index >= 15 is 0 Å². The zero-order chi connectivity index (χ0) is 26.6. The number of aryl methyl sites for hydroxylation is 1. The molecule has 3 heterocycles. The summed E-state index contributed by atoms with van der Waals surface area (Å²) in [5.74, 6) is 5.62. The lowest BCUT2D eigenvalue weighted by molar-refractivity contribution is 0.621. The molecule has 0 spiro atoms. The van der Waals surface area contributed by atoms with Crippen molar-refractivity contribution in [3.05, 3.63) is 112 Å². The molecule has 0 fully saturated rings. The predicted molar refractivity (Wildman–Crippen MR) is 141 cm³/mol. The number of nitrogen functional groups attached to an aromatic ring is 1. The summed E-state index contributed by atoms with van der Waals surface area (Å²) < 4.78 is 29.3. The standard InChI is InChI=1S/C28H21F2N7O/c1-17-7-12-22(30)24-25(17)36-23(37(28(24)38)20-5-3-2-4-6-20)13-14-32-27-21(26(31)34-16-35-27)11-10-19-9-8-18(29)15-33-19/h2-9,12,15-16H,13-14H2,1H3,(H3,31,32,34,35). The van der Waals surface area contributed by atoms with Crippen LogP contribution in [0, 0.1) is 30.4 Å². The first-order chi connectivity index (χ1) is 18.4. The Bertz CT molecular complexity index is 1760. The topological polar surface area (TPSA) is 112 Å². The van der Waals surface area contributed by atoms with Gasteiger partial charge in [0.25, 0.3) is 5.56 Å². The summed E-state index contributed by atoms with van der Waals surface area (Å²) in [6.07, 6.45) is 2.68. The van der Waals surface area contributed by atoms with E-state index in [0.717, 1.165) is 6.20 Å². The highest BCUT2D eigenvalue weighted by molar-refractivity contribution is 5.82. The number of rotatable bonds is 5. The summed E-state index contributed by atoms with van der Waals surface area (Å²) in [6.45, 7) is 2.09. The van der Waals surface area contributed by atoms with Crippen LogP contribution in [0.25, 0.3) is 16.6 Å². The van der Waals surface area contributed by atoms with Gasteiger partial charge in [0.15, 0.2) is 0 Å². The number of hydrogen-bond donors (Lipinski definition) is 2. The predicted octanol–water partition coefficient (Wildman–Crippen LogP) is 3.79. The average Bonchev–Trinajstić information content (AvgIpc) is 2.92. The van der Waals surface area contributed by atoms with Crippen LogP contribution in [0.15, 0.2) is 71.9 Å². The molecule has 0 bridgehead atoms. The van der Waals surface area contributed by atoms with Crippen LogP contribution < -0.4 is 16.6 Å². The zero-order valence-electron chi connectivity index (χ0n) is 20.2. The van der Waals surface area contributed by atoms with Crippen LogP contribution >= 0.6 is 0 Å². The van der Waals surface area contributed by atoms with E-state index in [1.165, 1.54) is 29.1 Å². The molecule has 0 aliphatic heterocycles. The number of aromatic nitrogens is 5. The lowest BCUT2D eigenvalue weighted by Crippen LogP contribution is -2.26. The molecule has 2 aromatic carbocycles. The van der Waals surface area contributed by atoms with Crippen molar-refractivity contribution in [1.82, 2.24) is 24.5 Å². The highest BCUT2D eigenvalue weighted by Crippen LogP contribution is 2.20. The molecule has 38 heavy (non-hydrogen) atoms. The number of halogens is 2. The monoisotopic (exact) mass is 509 g/mol. The van der Waals surface area contributed by atoms with E-state index < -0.39 is 17.2 Å². The van der Waals surface area contributed by atoms with Crippen molar-refractivity contribution in [2.75, 3.05) is 17.6 Å². The third-order valence-electron chi connectivity index (χ3n) is 5.82. The van der Waals surface area contributed by atoms with Crippen molar-refractivity contribution < 1.29 is 8.78 Å². The Labute approximate surface area is 216 Å². The summed E-state index contributed by atoms with van der Waals surface area (Å²) in [5.41, 5.74) is 7.86. The zero-order valence-corrected chi connectivity index (χ0v) is 20.2. The van der Waals surface area contributed by atoms with Gasteiger partial charge in [0, 0.05) is 13.0 Å². The highest BCUT2D eigenvalue weighted by atomic mass is 19.1. The summed E-state index contributed by atoms with van der Waals surface area (Å²) >= 11 is 0. The van der Waals surface area contributed by atoms with Crippen LogP contribution in [-0.2, 0) is 6.42 Å². The summed E-state index contributed by atoms with van der Waals surface area (Å²) in [5, 5.41) is 3.12. The van der Waals surface area contributed by atoms with Gasteiger partial charge in [0.2, 0.25) is 0 Å². The molecule has 8 nitrogen and oxygen atoms in total. The molecule has 188 valence electrons. The second-order valence-electron chi connectivity index (χ2n) is 8.36. The van der Waals surface area contributed by atoms with Gasteiger partial charge in [-0.15, -0.1) is 0 Å². The molecule has 3 N–H and O–H groups in total. The quantitative estimate of drug-likeness (QED) is 0.347. The second-order valence-corrected chi connectivity index (χ2v) is 8.36. The Kier molecular flexibility index (Phi) is 6.74. The van der Waals surface area contributed by atoms with E-state index in [-0.39, 0.29) is 11.2 Å². The van der Waals surface area contributed by atoms with Gasteiger partial charge in [-0.3, -0.25) is 9.36 Å². The maximum absolute atomic E-state index is 14.7. The van der Waals surface area contributed by atoms with Crippen molar-refractivity contribution in [1.29, 1.82) is 0 Å². The molecule has 5 rings (SSSR count). The van der Waals surface area contributed by atoms with Crippen molar-refractivity contribution >= 4 is 22.5 Å². The van der Waals surface area contributed by atoms with E-state index in [2.05, 4.69) is 37.1 Å². The maximum Gasteiger partial charge on any atom is 0.268 e. The number of hydrogen-bond acceptors (Lipinski definition) is 7. The van der Waals surface area contributed by atoms with Crippen LogP contribution in [0.4, 0.5) is 20.4 Å². The Hall–Kier alpha value is -5.17. The van der Waals surface area contributed by atoms with Gasteiger partial charge >= 0.3 is 0 Å². The Morgan fingerprint density at radius 1 is 1.00 bits per heavy atom. The molecular formula is C28H21F2N7O. The molecule has 0 saturated heterocycles. The van der Waals surface area contributed by atoms with Crippen molar-refractivity contribution in [2.24, 2.45) is 0 Å². The first-order valence-electron chi connectivity index (χ1n) is 11.7. The molecule has 3 aromatic heterocycles. The van der Waals surface area contributed by atoms with Gasteiger partial charge in [0.05, 0.1) is 17.4 Å². The van der Waals surface area contributed by atoms with Gasteiger partial charge in [-0.2, -0.15) is 0 Å². The number of nitrogens with two attached hydrogens (primary N) is 1. The molecule has 0 aliphatic rings. The molecule has 10 heteroatoms. The number of nitrogens with one attached hydrogen (secondary N) is 1. The Balaban J connectivity index is 1.48. The number of fused-ring (bicyclic) bond motifs is 1. The van der Waals surface area contributed by atoms with Gasteiger partial charge in [-0.05, 0) is 48.7 Å². The minimum Gasteiger partial charge on any atom is -0.382 e.